The van der Waals surface area contributed by atoms with Crippen LogP contribution in [0.4, 0.5) is 4.79 Å². The topological polar surface area (TPSA) is 149 Å². The van der Waals surface area contributed by atoms with E-state index < -0.39 is 11.6 Å². The number of carbonyl (C=O) groups excluding carboxylic acids is 2. The average molecular weight is 916 g/mol. The Labute approximate surface area is 387 Å². The van der Waals surface area contributed by atoms with Crippen molar-refractivity contribution in [2.24, 2.45) is 0 Å². The van der Waals surface area contributed by atoms with Crippen LogP contribution in [0, 0.1) is 13.8 Å². The van der Waals surface area contributed by atoms with E-state index in [1.54, 1.807) is 23.2 Å². The lowest BCUT2D eigenvalue weighted by molar-refractivity contribution is -0.126. The molecule has 3 amide bonds. The number of ether oxygens (including phenoxy) is 4. The van der Waals surface area contributed by atoms with Crippen molar-refractivity contribution in [3.05, 3.63) is 176 Å². The first kappa shape index (κ1) is 44.8. The third kappa shape index (κ3) is 10.6. The van der Waals surface area contributed by atoms with Crippen molar-refractivity contribution in [1.82, 2.24) is 20.5 Å². The number of hydrogen-bond donors (Lipinski definition) is 3. The summed E-state index contributed by atoms with van der Waals surface area (Å²) in [4.78, 5) is 42.7. The normalized spacial score (nSPS) is 16.5. The molecule has 3 heterocycles. The second-order valence-corrected chi connectivity index (χ2v) is 17.0. The fourth-order valence-corrected chi connectivity index (χ4v) is 8.33. The SMILES string of the molecule is Cc1nccc(Oc2ccc(CCNC(=O)C3Cc4cc5c(cc4CN3C(=O)NC3(c4ccccc4)CC3)OC(c3ccc(OCc4ccc(Cl)c(Cl)c4)cc3)CO5)cc2)c1C.O=CO. The standard InChI is InChI=1S/C50H46Cl2N4O6.CH2O2/c1-31-32(2)53-23-19-44(31)61-40-13-8-33(9-14-40)18-22-54-48(57)43-25-36-26-45-46(27-37(36)28-56(43)49(58)55-50(20-21-50)38-6-4-3-5-7-38)62-47(30-60-45)35-11-15-39(16-12-35)59-29-34-10-17-41(51)42(52)24-34;2-1-3/h3-17,19,23-24,26-27,43,47H,18,20-22,25,28-30H2,1-2H3,(H,54,57)(H,55,58);1H,(H,2,3). The molecular weight excluding hydrogens is 867 g/mol. The van der Waals surface area contributed by atoms with Crippen molar-refractivity contribution in [3.63, 3.8) is 0 Å². The Balaban J connectivity index is 0.00000187. The van der Waals surface area contributed by atoms with E-state index in [9.17, 15) is 9.59 Å². The van der Waals surface area contributed by atoms with Crippen molar-refractivity contribution in [2.45, 2.75) is 70.4 Å². The number of nitrogens with one attached hydrogen (secondary N) is 2. The van der Waals surface area contributed by atoms with Crippen LogP contribution in [-0.2, 0) is 41.1 Å². The van der Waals surface area contributed by atoms with Gasteiger partial charge in [0.15, 0.2) is 17.6 Å². The van der Waals surface area contributed by atoms with E-state index in [0.29, 0.717) is 59.9 Å². The van der Waals surface area contributed by atoms with E-state index in [4.69, 9.17) is 52.1 Å². The molecule has 2 unspecified atom stereocenters. The molecule has 2 atom stereocenters. The summed E-state index contributed by atoms with van der Waals surface area (Å²) in [5.74, 6) is 3.19. The number of benzene rings is 5. The number of amides is 3. The van der Waals surface area contributed by atoms with Crippen molar-refractivity contribution >= 4 is 41.6 Å². The molecule has 1 aliphatic carbocycles. The molecule has 0 bridgehead atoms. The number of aromatic nitrogens is 1. The Morgan fingerprint density at radius 3 is 2.31 bits per heavy atom. The van der Waals surface area contributed by atoms with Crippen LogP contribution in [0.2, 0.25) is 10.0 Å². The van der Waals surface area contributed by atoms with Gasteiger partial charge in [0, 0.05) is 37.0 Å². The van der Waals surface area contributed by atoms with Crippen LogP contribution in [0.5, 0.6) is 28.7 Å². The molecule has 12 nitrogen and oxygen atoms in total. The second kappa shape index (κ2) is 20.0. The lowest BCUT2D eigenvalue weighted by Gasteiger charge is -2.38. The van der Waals surface area contributed by atoms with E-state index in [0.717, 1.165) is 69.0 Å². The summed E-state index contributed by atoms with van der Waals surface area (Å²) in [5.41, 5.74) is 7.28. The fourth-order valence-electron chi connectivity index (χ4n) is 8.01. The zero-order chi connectivity index (χ0) is 45.5. The van der Waals surface area contributed by atoms with Crippen LogP contribution in [-0.4, -0.2) is 52.6 Å². The molecule has 5 aromatic carbocycles. The summed E-state index contributed by atoms with van der Waals surface area (Å²) in [6.07, 6.45) is 3.99. The number of pyridine rings is 1. The van der Waals surface area contributed by atoms with E-state index >= 15 is 0 Å². The maximum absolute atomic E-state index is 14.3. The maximum Gasteiger partial charge on any atom is 0.319 e. The zero-order valence-corrected chi connectivity index (χ0v) is 37.4. The highest BCUT2D eigenvalue weighted by Crippen LogP contribution is 2.46. The summed E-state index contributed by atoms with van der Waals surface area (Å²) in [7, 11) is 0. The Bertz CT molecular complexity index is 2660. The van der Waals surface area contributed by atoms with Crippen molar-refractivity contribution in [2.75, 3.05) is 13.2 Å². The first-order chi connectivity index (χ1) is 31.5. The van der Waals surface area contributed by atoms with Crippen LogP contribution >= 0.6 is 23.2 Å². The Morgan fingerprint density at radius 1 is 0.877 bits per heavy atom. The molecule has 0 radical (unpaired) electrons. The Morgan fingerprint density at radius 2 is 1.58 bits per heavy atom. The molecule has 1 fully saturated rings. The van der Waals surface area contributed by atoms with Gasteiger partial charge in [0.25, 0.3) is 6.47 Å². The summed E-state index contributed by atoms with van der Waals surface area (Å²) in [6, 6.07) is 35.8. The first-order valence-electron chi connectivity index (χ1n) is 21.3. The maximum atomic E-state index is 14.3. The van der Waals surface area contributed by atoms with Gasteiger partial charge in [-0.2, -0.15) is 0 Å². The largest absolute Gasteiger partial charge is 0.489 e. The van der Waals surface area contributed by atoms with Gasteiger partial charge in [-0.25, -0.2) is 4.79 Å². The van der Waals surface area contributed by atoms with Crippen LogP contribution in [0.25, 0.3) is 0 Å². The lowest BCUT2D eigenvalue weighted by Crippen LogP contribution is -2.56. The number of aryl methyl sites for hydroxylation is 1. The van der Waals surface area contributed by atoms with Gasteiger partial charge in [-0.05, 0) is 121 Å². The van der Waals surface area contributed by atoms with Crippen LogP contribution in [0.1, 0.15) is 63.6 Å². The quantitative estimate of drug-likeness (QED) is 0.102. The van der Waals surface area contributed by atoms with Gasteiger partial charge in [0.1, 0.15) is 36.5 Å². The number of hydrogen-bond acceptors (Lipinski definition) is 8. The van der Waals surface area contributed by atoms with Gasteiger partial charge in [-0.15, -0.1) is 0 Å². The highest BCUT2D eigenvalue weighted by molar-refractivity contribution is 6.42. The Kier molecular flexibility index (Phi) is 13.8. The summed E-state index contributed by atoms with van der Waals surface area (Å²) < 4.78 is 24.9. The molecule has 334 valence electrons. The zero-order valence-electron chi connectivity index (χ0n) is 35.9. The number of nitrogens with zero attached hydrogens (tertiary/aromatic N) is 2. The first-order valence-corrected chi connectivity index (χ1v) is 22.1. The van der Waals surface area contributed by atoms with E-state index in [-0.39, 0.29) is 31.1 Å². The fraction of sp³-hybridized carbons (Fsp3) is 0.255. The molecule has 1 saturated carbocycles. The highest BCUT2D eigenvalue weighted by Gasteiger charge is 2.48. The summed E-state index contributed by atoms with van der Waals surface area (Å²) >= 11 is 12.2. The van der Waals surface area contributed by atoms with E-state index in [1.165, 1.54) is 0 Å². The number of halogens is 2. The molecule has 2 aliphatic heterocycles. The number of fused-ring (bicyclic) bond motifs is 2. The second-order valence-electron chi connectivity index (χ2n) is 16.2. The molecule has 1 aromatic heterocycles. The smallest absolute Gasteiger partial charge is 0.319 e. The van der Waals surface area contributed by atoms with Gasteiger partial charge in [-0.3, -0.25) is 14.6 Å². The average Bonchev–Trinajstić information content (AvgIpc) is 4.11. The number of rotatable bonds is 12. The summed E-state index contributed by atoms with van der Waals surface area (Å²) in [5, 5.41) is 14.3. The van der Waals surface area contributed by atoms with Gasteiger partial charge in [0.2, 0.25) is 5.91 Å². The minimum Gasteiger partial charge on any atom is -0.489 e. The lowest BCUT2D eigenvalue weighted by atomic mass is 9.92. The molecule has 14 heteroatoms. The van der Waals surface area contributed by atoms with Gasteiger partial charge in [0.05, 0.1) is 15.6 Å². The Hall–Kier alpha value is -6.76. The number of carboxylic acid groups (broad SMARTS) is 1. The van der Waals surface area contributed by atoms with Crippen LogP contribution in [0.3, 0.4) is 0 Å². The van der Waals surface area contributed by atoms with Crippen molar-refractivity contribution in [3.8, 4) is 28.7 Å². The predicted octanol–water partition coefficient (Wildman–Crippen LogP) is 10.1. The third-order valence-corrected chi connectivity index (χ3v) is 12.7. The monoisotopic (exact) mass is 914 g/mol. The van der Waals surface area contributed by atoms with Crippen molar-refractivity contribution in [1.29, 1.82) is 0 Å². The molecule has 3 N–H and O–H groups in total. The predicted molar refractivity (Wildman–Crippen MR) is 247 cm³/mol. The molecule has 3 aliphatic rings. The third-order valence-electron chi connectivity index (χ3n) is 12.0. The summed E-state index contributed by atoms with van der Waals surface area (Å²) in [6.45, 7) is 4.99. The number of carbonyl (C=O) groups is 3. The van der Waals surface area contributed by atoms with Gasteiger partial charge >= 0.3 is 6.03 Å². The number of urea groups is 1. The van der Waals surface area contributed by atoms with E-state index in [2.05, 4.69) is 15.6 Å². The molecule has 9 rings (SSSR count). The van der Waals surface area contributed by atoms with Gasteiger partial charge in [-0.1, -0.05) is 83.9 Å². The minimum atomic E-state index is -0.732. The molecule has 65 heavy (non-hydrogen) atoms. The molecular formula is C51H48Cl2N4O8. The van der Waals surface area contributed by atoms with Crippen molar-refractivity contribution < 1.29 is 38.4 Å². The highest BCUT2D eigenvalue weighted by atomic mass is 35.5. The molecule has 6 aromatic rings. The van der Waals surface area contributed by atoms with Crippen LogP contribution < -0.4 is 29.6 Å². The van der Waals surface area contributed by atoms with Gasteiger partial charge < -0.3 is 39.6 Å². The minimum absolute atomic E-state index is 0.210. The van der Waals surface area contributed by atoms with E-state index in [1.807, 2.05) is 117 Å². The molecule has 0 spiro atoms. The van der Waals surface area contributed by atoms with Crippen LogP contribution in [0.15, 0.2) is 121 Å². The molecule has 0 saturated heterocycles.